The van der Waals surface area contributed by atoms with Crippen LogP contribution in [0.2, 0.25) is 0 Å². The molecule has 5 heteroatoms. The fraction of sp³-hybridized carbons (Fsp3) is 0.927. The van der Waals surface area contributed by atoms with Gasteiger partial charge in [0.2, 0.25) is 0 Å². The molecule has 7 unspecified atom stereocenters. The molecule has 5 nitrogen and oxygen atoms in total. The molecule has 3 fully saturated rings. The predicted molar refractivity (Wildman–Crippen MR) is 194 cm³/mol. The molecule has 266 valence electrons. The number of fused-ring (bicyclic) bond motifs is 5. The number of rotatable bonds is 18. The molecule has 4 N–H and O–H groups in total. The van der Waals surface area contributed by atoms with Crippen LogP contribution in [0.1, 0.15) is 157 Å². The summed E-state index contributed by atoms with van der Waals surface area (Å²) in [5.74, 6) is 5.96. The van der Waals surface area contributed by atoms with E-state index in [9.17, 15) is 4.79 Å². The molecule has 0 aromatic heterocycles. The summed E-state index contributed by atoms with van der Waals surface area (Å²) in [4.78, 5) is 15.3. The molecule has 1 amide bonds. The Morgan fingerprint density at radius 1 is 0.891 bits per heavy atom. The van der Waals surface area contributed by atoms with Gasteiger partial charge in [-0.3, -0.25) is 0 Å². The molecule has 0 aliphatic heterocycles. The van der Waals surface area contributed by atoms with E-state index in [1.165, 1.54) is 77.0 Å². The number of hydrogen-bond donors (Lipinski definition) is 2. The Hall–Kier alpha value is -1.07. The molecular formula is C41H75N3O2. The van der Waals surface area contributed by atoms with Crippen LogP contribution < -0.4 is 11.5 Å². The number of amides is 1. The Bertz CT molecular complexity index is 965. The highest BCUT2D eigenvalue weighted by Crippen LogP contribution is 2.67. The molecule has 0 heterocycles. The zero-order valence-electron chi connectivity index (χ0n) is 31.2. The lowest BCUT2D eigenvalue weighted by atomic mass is 9.47. The Balaban J connectivity index is 1.33. The van der Waals surface area contributed by atoms with Crippen molar-refractivity contribution in [2.45, 2.75) is 163 Å². The van der Waals surface area contributed by atoms with Gasteiger partial charge < -0.3 is 21.1 Å². The minimum absolute atomic E-state index is 0.0170. The highest BCUT2D eigenvalue weighted by atomic mass is 16.6. The van der Waals surface area contributed by atoms with E-state index in [1.54, 1.807) is 5.57 Å². The third kappa shape index (κ3) is 8.74. The fourth-order valence-corrected chi connectivity index (χ4v) is 11.3. The minimum Gasteiger partial charge on any atom is -0.446 e. The van der Waals surface area contributed by atoms with Gasteiger partial charge >= 0.3 is 6.09 Å². The van der Waals surface area contributed by atoms with Crippen LogP contribution in [0.15, 0.2) is 11.6 Å². The minimum atomic E-state index is -0.113. The average Bonchev–Trinajstić information content (AvgIpc) is 3.39. The van der Waals surface area contributed by atoms with E-state index in [0.29, 0.717) is 18.5 Å². The van der Waals surface area contributed by atoms with Crippen molar-refractivity contribution in [1.82, 2.24) is 4.90 Å². The second-order valence-electron chi connectivity index (χ2n) is 17.2. The first-order chi connectivity index (χ1) is 22.1. The number of ether oxygens (including phenoxy) is 1. The number of hydrogen-bond acceptors (Lipinski definition) is 4. The highest BCUT2D eigenvalue weighted by molar-refractivity contribution is 5.67. The van der Waals surface area contributed by atoms with E-state index in [0.717, 1.165) is 93.0 Å². The van der Waals surface area contributed by atoms with Crippen LogP contribution in [-0.4, -0.2) is 43.3 Å². The van der Waals surface area contributed by atoms with Gasteiger partial charge in [0.25, 0.3) is 0 Å². The molecule has 4 aliphatic rings. The van der Waals surface area contributed by atoms with Gasteiger partial charge in [0.05, 0.1) is 0 Å². The van der Waals surface area contributed by atoms with Crippen LogP contribution >= 0.6 is 0 Å². The Labute approximate surface area is 284 Å². The summed E-state index contributed by atoms with van der Waals surface area (Å²) < 4.78 is 6.27. The normalized spacial score (nSPS) is 33.5. The van der Waals surface area contributed by atoms with Crippen molar-refractivity contribution in [3.8, 4) is 0 Å². The Kier molecular flexibility index (Phi) is 14.4. The van der Waals surface area contributed by atoms with Gasteiger partial charge in [0.15, 0.2) is 0 Å². The predicted octanol–water partition coefficient (Wildman–Crippen LogP) is 10.1. The maximum Gasteiger partial charge on any atom is 0.410 e. The lowest BCUT2D eigenvalue weighted by Gasteiger charge is -2.58. The van der Waals surface area contributed by atoms with Crippen molar-refractivity contribution >= 4 is 6.09 Å². The topological polar surface area (TPSA) is 81.6 Å². The molecule has 4 rings (SSSR count). The molecule has 3 saturated carbocycles. The van der Waals surface area contributed by atoms with Gasteiger partial charge in [-0.25, -0.2) is 4.79 Å². The Morgan fingerprint density at radius 3 is 2.28 bits per heavy atom. The molecule has 0 saturated heterocycles. The number of carbonyl (C=O) groups is 1. The van der Waals surface area contributed by atoms with E-state index >= 15 is 0 Å². The van der Waals surface area contributed by atoms with Gasteiger partial charge in [-0.05, 0) is 136 Å². The van der Waals surface area contributed by atoms with Crippen LogP contribution in [0, 0.1) is 52.3 Å². The molecule has 0 bridgehead atoms. The van der Waals surface area contributed by atoms with Gasteiger partial charge in [0, 0.05) is 19.5 Å². The SMILES string of the molecule is CC[C@H](CC[C@@H](C)C1CCC2C3CC=C4CC(OC(=O)N(CCCN)CCCCCCCCN)CCC4(C)C3CCC21C)C(C)C. The van der Waals surface area contributed by atoms with E-state index in [4.69, 9.17) is 16.2 Å². The lowest BCUT2D eigenvalue weighted by molar-refractivity contribution is -0.0595. The first-order valence-corrected chi connectivity index (χ1v) is 20.1. The van der Waals surface area contributed by atoms with E-state index in [2.05, 4.69) is 47.6 Å². The van der Waals surface area contributed by atoms with Crippen molar-refractivity contribution in [3.63, 3.8) is 0 Å². The summed E-state index contributed by atoms with van der Waals surface area (Å²) in [7, 11) is 0. The molecule has 0 aromatic carbocycles. The van der Waals surface area contributed by atoms with Crippen molar-refractivity contribution < 1.29 is 9.53 Å². The first-order valence-electron chi connectivity index (χ1n) is 20.1. The highest BCUT2D eigenvalue weighted by Gasteiger charge is 2.59. The van der Waals surface area contributed by atoms with Crippen molar-refractivity contribution in [2.24, 2.45) is 63.7 Å². The average molecular weight is 642 g/mol. The van der Waals surface area contributed by atoms with E-state index < -0.39 is 0 Å². The second kappa shape index (κ2) is 17.5. The first kappa shape index (κ1) is 37.7. The van der Waals surface area contributed by atoms with Crippen molar-refractivity contribution in [1.29, 1.82) is 0 Å². The summed E-state index contributed by atoms with van der Waals surface area (Å²) in [5, 5.41) is 0. The van der Waals surface area contributed by atoms with Gasteiger partial charge in [-0.15, -0.1) is 0 Å². The molecule has 0 aromatic rings. The summed E-state index contributed by atoms with van der Waals surface area (Å²) in [5.41, 5.74) is 13.9. The smallest absolute Gasteiger partial charge is 0.410 e. The monoisotopic (exact) mass is 642 g/mol. The molecule has 0 radical (unpaired) electrons. The number of nitrogens with two attached hydrogens (primary N) is 2. The summed E-state index contributed by atoms with van der Waals surface area (Å²) in [6, 6.07) is 0. The fourth-order valence-electron chi connectivity index (χ4n) is 11.3. The van der Waals surface area contributed by atoms with Gasteiger partial charge in [-0.1, -0.05) is 91.7 Å². The van der Waals surface area contributed by atoms with Gasteiger partial charge in [0.1, 0.15) is 6.10 Å². The van der Waals surface area contributed by atoms with Crippen LogP contribution in [-0.2, 0) is 4.74 Å². The molecular weight excluding hydrogens is 566 g/mol. The Morgan fingerprint density at radius 2 is 1.59 bits per heavy atom. The number of allylic oxidation sites excluding steroid dienone is 1. The zero-order valence-corrected chi connectivity index (χ0v) is 31.2. The maximum atomic E-state index is 13.4. The maximum absolute atomic E-state index is 13.4. The molecule has 0 spiro atoms. The quantitative estimate of drug-likeness (QED) is 0.115. The van der Waals surface area contributed by atoms with Crippen LogP contribution in [0.25, 0.3) is 0 Å². The number of carbonyl (C=O) groups excluding carboxylic acids is 1. The number of unbranched alkanes of at least 4 members (excludes halogenated alkanes) is 5. The van der Waals surface area contributed by atoms with E-state index in [-0.39, 0.29) is 17.6 Å². The summed E-state index contributed by atoms with van der Waals surface area (Å²) in [6.07, 6.45) is 24.6. The number of nitrogens with zero attached hydrogens (tertiary/aromatic N) is 1. The zero-order chi connectivity index (χ0) is 33.3. The van der Waals surface area contributed by atoms with Crippen LogP contribution in [0.4, 0.5) is 4.79 Å². The van der Waals surface area contributed by atoms with Crippen molar-refractivity contribution in [2.75, 3.05) is 26.2 Å². The lowest BCUT2D eigenvalue weighted by Crippen LogP contribution is -2.51. The van der Waals surface area contributed by atoms with Crippen LogP contribution in [0.3, 0.4) is 0 Å². The van der Waals surface area contributed by atoms with Gasteiger partial charge in [-0.2, -0.15) is 0 Å². The molecule has 4 aliphatic carbocycles. The summed E-state index contributed by atoms with van der Waals surface area (Å²) >= 11 is 0. The van der Waals surface area contributed by atoms with Crippen LogP contribution in [0.5, 0.6) is 0 Å². The third-order valence-corrected chi connectivity index (χ3v) is 14.3. The second-order valence-corrected chi connectivity index (χ2v) is 17.2. The summed E-state index contributed by atoms with van der Waals surface area (Å²) in [6.45, 7) is 18.0. The molecule has 46 heavy (non-hydrogen) atoms. The molecule has 9 atom stereocenters. The largest absolute Gasteiger partial charge is 0.446 e. The third-order valence-electron chi connectivity index (χ3n) is 14.3. The standard InChI is InChI=1S/C41H75N3O2/c1-7-32(30(2)3)16-15-31(4)36-19-20-37-35-18-17-33-29-34(21-23-40(33,5)38(35)22-24-41(36,37)6)46-39(45)44(28-14-26-43)27-13-11-9-8-10-12-25-42/h17,30-32,34-38H,7-16,18-29,42-43H2,1-6H3/t31-,32-,34?,35?,36?,37?,38?,40?,41?/m1/s1. The van der Waals surface area contributed by atoms with Crippen molar-refractivity contribution in [3.05, 3.63) is 11.6 Å². The van der Waals surface area contributed by atoms with E-state index in [1.807, 2.05) is 4.90 Å².